The molecule has 6 atom stereocenters. The molecule has 0 aromatic carbocycles. The fourth-order valence-corrected chi connectivity index (χ4v) is 7.93. The summed E-state index contributed by atoms with van der Waals surface area (Å²) in [5.41, 5.74) is 7.02. The molecule has 0 aliphatic carbocycles. The fraction of sp³-hybridized carbons (Fsp3) is 0.636. The van der Waals surface area contributed by atoms with Crippen LogP contribution in [0.4, 0.5) is 5.82 Å². The molecule has 0 spiro atoms. The summed E-state index contributed by atoms with van der Waals surface area (Å²) in [6.45, 7) is 5.10. The van der Waals surface area contributed by atoms with Gasteiger partial charge in [0.05, 0.1) is 38.5 Å². The number of hydrogen-bond acceptors (Lipinski definition) is 14. The zero-order chi connectivity index (χ0) is 31.3. The van der Waals surface area contributed by atoms with Gasteiger partial charge in [0, 0.05) is 6.20 Å². The van der Waals surface area contributed by atoms with Crippen molar-refractivity contribution in [3.05, 3.63) is 17.3 Å². The third-order valence-corrected chi connectivity index (χ3v) is 11.0. The van der Waals surface area contributed by atoms with Gasteiger partial charge in [-0.15, -0.1) is 0 Å². The molecule has 0 radical (unpaired) electrons. The van der Waals surface area contributed by atoms with Crippen LogP contribution in [0, 0.1) is 17.8 Å². The van der Waals surface area contributed by atoms with Crippen molar-refractivity contribution in [3.63, 3.8) is 0 Å². The number of hydrogen-bond donors (Lipinski definition) is 7. The average Bonchev–Trinajstić information content (AvgIpc) is 3.33. The first kappa shape index (κ1) is 34.4. The maximum atomic E-state index is 12.1. The molecule has 4 rings (SSSR count). The second kappa shape index (κ2) is 14.8. The molecular weight excluding hydrogens is 633 g/mol. The van der Waals surface area contributed by atoms with Crippen molar-refractivity contribution >= 4 is 42.2 Å². The van der Waals surface area contributed by atoms with Gasteiger partial charge in [0.15, 0.2) is 12.5 Å². The lowest BCUT2D eigenvalue weighted by atomic mass is 10.0. The number of ether oxygens (including phenoxy) is 2. The van der Waals surface area contributed by atoms with E-state index in [1.165, 1.54) is 0 Å². The Labute approximate surface area is 248 Å². The van der Waals surface area contributed by atoms with Crippen LogP contribution >= 0.6 is 23.8 Å². The Hall–Kier alpha value is -1.45. The minimum Gasteiger partial charge on any atom is -0.358 e. The highest BCUT2D eigenvalue weighted by Crippen LogP contribution is 2.70. The van der Waals surface area contributed by atoms with Gasteiger partial charge >= 0.3 is 23.8 Å². The van der Waals surface area contributed by atoms with Crippen LogP contribution in [0.5, 0.6) is 0 Å². The first-order valence-electron chi connectivity index (χ1n) is 13.3. The first-order valence-corrected chi connectivity index (χ1v) is 17.8. The van der Waals surface area contributed by atoms with E-state index in [4.69, 9.17) is 19.7 Å². The molecule has 4 heterocycles. The van der Waals surface area contributed by atoms with Crippen LogP contribution < -0.4 is 16.4 Å². The number of amidine groups is 1. The van der Waals surface area contributed by atoms with Crippen molar-refractivity contribution in [2.45, 2.75) is 44.2 Å². The fourth-order valence-electron chi connectivity index (χ4n) is 4.63. The van der Waals surface area contributed by atoms with Gasteiger partial charge in [0.1, 0.15) is 18.0 Å². The summed E-state index contributed by atoms with van der Waals surface area (Å²) in [4.78, 5) is 46.3. The standard InChI is InChI=1S/C22H35N6O12P3/c1-24-20-19-16(5-4-9-25-22-17(38-22)6-3-8-23)12-28(21(19)27-14-26-20)18-11-15(13-36-18)7-10-37-42(31,32)40-43(33,34)39-41(29,30)35-2/h12,15,17-18,22,25,27,29-30H,1,3,6-11,13-14,23H2,2H3,(H-,31,32,33,34)/p+2. The van der Waals surface area contributed by atoms with Crippen LogP contribution in [0.25, 0.3) is 0 Å². The Morgan fingerprint density at radius 3 is 2.86 bits per heavy atom. The Bertz CT molecular complexity index is 1350. The van der Waals surface area contributed by atoms with Crippen molar-refractivity contribution in [1.82, 2.24) is 9.88 Å². The van der Waals surface area contributed by atoms with E-state index in [-0.39, 0.29) is 37.5 Å². The van der Waals surface area contributed by atoms with E-state index in [0.717, 1.165) is 31.3 Å². The number of quaternary nitrogens is 1. The number of aromatic nitrogens is 1. The first-order chi connectivity index (χ1) is 20.4. The lowest BCUT2D eigenvalue weighted by molar-refractivity contribution is -0.577. The Balaban J connectivity index is 1.33. The summed E-state index contributed by atoms with van der Waals surface area (Å²) in [5, 5.41) is 5.20. The van der Waals surface area contributed by atoms with E-state index >= 15 is 0 Å². The van der Waals surface area contributed by atoms with Gasteiger partial charge in [-0.25, -0.2) is 19.1 Å². The smallest absolute Gasteiger partial charge is 0.358 e. The van der Waals surface area contributed by atoms with Crippen molar-refractivity contribution in [2.75, 3.05) is 40.1 Å². The van der Waals surface area contributed by atoms with E-state index in [0.29, 0.717) is 44.2 Å². The summed E-state index contributed by atoms with van der Waals surface area (Å²) in [6, 6.07) is 0. The van der Waals surface area contributed by atoms with E-state index < -0.39 is 23.8 Å². The number of epoxide rings is 1. The summed E-state index contributed by atoms with van der Waals surface area (Å²) in [7, 11) is -14.4. The molecule has 3 aliphatic rings. The lowest BCUT2D eigenvalue weighted by Gasteiger charge is -2.17. The molecule has 6 unspecified atom stereocenters. The average molecular weight is 670 g/mol. The van der Waals surface area contributed by atoms with Gasteiger partial charge in [0.25, 0.3) is 0 Å². The molecule has 1 aromatic heterocycles. The molecule has 9 N–H and O–H groups in total. The van der Waals surface area contributed by atoms with Crippen LogP contribution in [0.15, 0.2) is 16.2 Å². The second-order valence-corrected chi connectivity index (χ2v) is 14.5. The number of nitrogens with zero attached hydrogens (tertiary/aromatic N) is 3. The number of aliphatic imine (C=N–C) groups is 2. The van der Waals surface area contributed by atoms with E-state index in [1.807, 2.05) is 16.1 Å². The highest BCUT2D eigenvalue weighted by atomic mass is 31.3. The number of rotatable bonds is 15. The molecule has 1 aromatic rings. The Morgan fingerprint density at radius 2 is 2.14 bits per heavy atom. The number of nitrogens with two attached hydrogens (primary N) is 2. The van der Waals surface area contributed by atoms with Crippen LogP contribution in [-0.4, -0.2) is 89.1 Å². The molecular formula is C22H37N6O12P3+2. The second-order valence-electron chi connectivity index (χ2n) is 9.73. The van der Waals surface area contributed by atoms with Crippen molar-refractivity contribution < 1.29 is 61.2 Å². The van der Waals surface area contributed by atoms with Gasteiger partial charge in [-0.3, -0.25) is 24.6 Å². The highest BCUT2D eigenvalue weighted by Gasteiger charge is 2.51. The molecule has 2 fully saturated rings. The van der Waals surface area contributed by atoms with E-state index in [9.17, 15) is 28.7 Å². The summed E-state index contributed by atoms with van der Waals surface area (Å²) in [6.07, 6.45) is 4.24. The monoisotopic (exact) mass is 670 g/mol. The van der Waals surface area contributed by atoms with Gasteiger partial charge in [-0.2, -0.15) is 18.6 Å². The van der Waals surface area contributed by atoms with Crippen LogP contribution in [0.1, 0.15) is 43.0 Å². The normalized spacial score (nSPS) is 26.0. The molecule has 2 saturated heterocycles. The van der Waals surface area contributed by atoms with Crippen LogP contribution in [0.2, 0.25) is 0 Å². The molecule has 0 saturated carbocycles. The highest BCUT2D eigenvalue weighted by molar-refractivity contribution is 7.69. The zero-order valence-corrected chi connectivity index (χ0v) is 26.0. The number of phosphoric acid groups is 2. The topological polar surface area (TPSA) is 258 Å². The van der Waals surface area contributed by atoms with E-state index in [1.54, 1.807) is 0 Å². The zero-order valence-electron chi connectivity index (χ0n) is 23.4. The van der Waals surface area contributed by atoms with Gasteiger partial charge < -0.3 is 20.1 Å². The third kappa shape index (κ3) is 9.77. The van der Waals surface area contributed by atoms with Crippen molar-refractivity contribution in [3.8, 4) is 11.8 Å². The predicted octanol–water partition coefficient (Wildman–Crippen LogP) is -0.00940. The molecule has 43 heavy (non-hydrogen) atoms. The van der Waals surface area contributed by atoms with Crippen molar-refractivity contribution in [2.24, 2.45) is 21.6 Å². The SMILES string of the molecule is C=NC1=NC[NH2+]c2c1c(C#CCNC1OC1CCCN)cn2C1CC(CCOP(=O)(O)OP(=O)(O)O[P+](O)(O)OC)CO1. The predicted molar refractivity (Wildman–Crippen MR) is 153 cm³/mol. The van der Waals surface area contributed by atoms with Gasteiger partial charge in [0.2, 0.25) is 5.82 Å². The molecule has 3 aliphatic heterocycles. The van der Waals surface area contributed by atoms with Gasteiger partial charge in [-0.1, -0.05) is 11.8 Å². The van der Waals surface area contributed by atoms with Gasteiger partial charge in [-0.05, 0) is 49.2 Å². The Kier molecular flexibility index (Phi) is 11.8. The maximum absolute atomic E-state index is 12.1. The summed E-state index contributed by atoms with van der Waals surface area (Å²) >= 11 is 0. The minimum absolute atomic E-state index is 0.0159. The molecule has 21 heteroatoms. The van der Waals surface area contributed by atoms with Crippen LogP contribution in [-0.2, 0) is 36.3 Å². The van der Waals surface area contributed by atoms with Crippen LogP contribution in [0.3, 0.4) is 0 Å². The molecule has 0 amide bonds. The maximum Gasteiger partial charge on any atom is 0.580 e. The number of nitrogens with one attached hydrogen (secondary N) is 1. The Morgan fingerprint density at radius 1 is 1.35 bits per heavy atom. The number of phosphoric ester groups is 1. The van der Waals surface area contributed by atoms with E-state index in [2.05, 4.69) is 47.0 Å². The summed E-state index contributed by atoms with van der Waals surface area (Å²) < 4.78 is 54.4. The third-order valence-electron chi connectivity index (χ3n) is 6.66. The summed E-state index contributed by atoms with van der Waals surface area (Å²) in [5.74, 6) is 7.54. The lowest BCUT2D eigenvalue weighted by Crippen LogP contribution is -2.80. The largest absolute Gasteiger partial charge is 0.580 e. The molecule has 240 valence electrons. The number of fused-ring (bicyclic) bond motifs is 1. The molecule has 18 nitrogen and oxygen atoms in total. The molecule has 0 bridgehead atoms. The van der Waals surface area contributed by atoms with Crippen molar-refractivity contribution in [1.29, 1.82) is 0 Å². The quantitative estimate of drug-likeness (QED) is 0.0561. The minimum atomic E-state index is -5.40.